The smallest absolute Gasteiger partial charge is 0.0187 e. The van der Waals surface area contributed by atoms with Crippen LogP contribution in [0.5, 0.6) is 0 Å². The summed E-state index contributed by atoms with van der Waals surface area (Å²) in [5.74, 6) is 1.70. The van der Waals surface area contributed by atoms with Gasteiger partial charge in [-0.2, -0.15) is 0 Å². The summed E-state index contributed by atoms with van der Waals surface area (Å²) in [5, 5.41) is 3.77. The maximum Gasteiger partial charge on any atom is 0.0187 e. The van der Waals surface area contributed by atoms with Crippen molar-refractivity contribution in [3.05, 3.63) is 0 Å². The highest BCUT2D eigenvalue weighted by Gasteiger charge is 2.34. The molecule has 1 rings (SSSR count). The Kier molecular flexibility index (Phi) is 4.43. The summed E-state index contributed by atoms with van der Waals surface area (Å²) in [6, 6.07) is 0. The van der Waals surface area contributed by atoms with Crippen LogP contribution in [0.2, 0.25) is 0 Å². The van der Waals surface area contributed by atoms with Gasteiger partial charge in [0.1, 0.15) is 0 Å². The van der Waals surface area contributed by atoms with Crippen LogP contribution >= 0.6 is 0 Å². The van der Waals surface area contributed by atoms with E-state index in [0.29, 0.717) is 5.54 Å². The molecule has 0 spiro atoms. The summed E-state index contributed by atoms with van der Waals surface area (Å²) in [6.07, 6.45) is 6.83. The first-order chi connectivity index (χ1) is 6.58. The van der Waals surface area contributed by atoms with Gasteiger partial charge in [0.25, 0.3) is 0 Å². The fourth-order valence-corrected chi connectivity index (χ4v) is 2.89. The molecule has 1 saturated heterocycles. The van der Waals surface area contributed by atoms with E-state index in [0.717, 1.165) is 11.8 Å². The Balaban J connectivity index is 2.52. The molecule has 1 aliphatic rings. The molecule has 0 saturated carbocycles. The Bertz CT molecular complexity index is 157. The highest BCUT2D eigenvalue weighted by molar-refractivity contribution is 4.94. The van der Waals surface area contributed by atoms with Gasteiger partial charge in [0.2, 0.25) is 0 Å². The van der Waals surface area contributed by atoms with Crippen molar-refractivity contribution in [2.24, 2.45) is 11.8 Å². The zero-order valence-corrected chi connectivity index (χ0v) is 10.4. The van der Waals surface area contributed by atoms with E-state index < -0.39 is 0 Å². The molecule has 0 aromatic carbocycles. The average Bonchev–Trinajstić information content (AvgIpc) is 2.51. The normalized spacial score (nSPS) is 29.8. The second kappa shape index (κ2) is 5.16. The topological polar surface area (TPSA) is 12.0 Å². The van der Waals surface area contributed by atoms with Crippen molar-refractivity contribution >= 4 is 0 Å². The van der Waals surface area contributed by atoms with E-state index in [2.05, 4.69) is 33.0 Å². The lowest BCUT2D eigenvalue weighted by Crippen LogP contribution is -2.42. The number of nitrogens with one attached hydrogen (secondary N) is 1. The van der Waals surface area contributed by atoms with Gasteiger partial charge in [0.05, 0.1) is 0 Å². The van der Waals surface area contributed by atoms with Crippen LogP contribution in [0.1, 0.15) is 59.8 Å². The SMILES string of the molecule is CCC(C)CC1(CC(C)C)CCCN1. The molecule has 1 N–H and O–H groups in total. The van der Waals surface area contributed by atoms with Crippen LogP contribution < -0.4 is 5.32 Å². The van der Waals surface area contributed by atoms with Crippen LogP contribution in [0.15, 0.2) is 0 Å². The maximum absolute atomic E-state index is 3.77. The van der Waals surface area contributed by atoms with Crippen molar-refractivity contribution < 1.29 is 0 Å². The number of hydrogen-bond acceptors (Lipinski definition) is 1. The third kappa shape index (κ3) is 3.27. The van der Waals surface area contributed by atoms with Gasteiger partial charge in [0.15, 0.2) is 0 Å². The molecule has 1 aliphatic heterocycles. The van der Waals surface area contributed by atoms with Crippen molar-refractivity contribution in [3.8, 4) is 0 Å². The van der Waals surface area contributed by atoms with Gasteiger partial charge in [-0.25, -0.2) is 0 Å². The van der Waals surface area contributed by atoms with E-state index in [-0.39, 0.29) is 0 Å². The summed E-state index contributed by atoms with van der Waals surface area (Å²) in [4.78, 5) is 0. The Morgan fingerprint density at radius 1 is 1.21 bits per heavy atom. The van der Waals surface area contributed by atoms with Crippen LogP contribution in [-0.2, 0) is 0 Å². The lowest BCUT2D eigenvalue weighted by Gasteiger charge is -2.34. The monoisotopic (exact) mass is 197 g/mol. The molecule has 0 aromatic heterocycles. The number of hydrogen-bond donors (Lipinski definition) is 1. The molecule has 0 radical (unpaired) electrons. The summed E-state index contributed by atoms with van der Waals surface area (Å²) < 4.78 is 0. The summed E-state index contributed by atoms with van der Waals surface area (Å²) >= 11 is 0. The molecule has 1 fully saturated rings. The van der Waals surface area contributed by atoms with Gasteiger partial charge in [-0.15, -0.1) is 0 Å². The summed E-state index contributed by atoms with van der Waals surface area (Å²) in [6.45, 7) is 10.6. The van der Waals surface area contributed by atoms with Crippen LogP contribution in [0.25, 0.3) is 0 Å². The molecule has 2 atom stereocenters. The van der Waals surface area contributed by atoms with E-state index in [1.807, 2.05) is 0 Å². The zero-order valence-electron chi connectivity index (χ0n) is 10.4. The average molecular weight is 197 g/mol. The molecule has 0 amide bonds. The third-order valence-corrected chi connectivity index (χ3v) is 3.57. The van der Waals surface area contributed by atoms with Gasteiger partial charge >= 0.3 is 0 Å². The van der Waals surface area contributed by atoms with Crippen LogP contribution in [-0.4, -0.2) is 12.1 Å². The van der Waals surface area contributed by atoms with Gasteiger partial charge in [-0.05, 0) is 44.1 Å². The molecule has 2 unspecified atom stereocenters. The molecular formula is C13H27N. The third-order valence-electron chi connectivity index (χ3n) is 3.57. The van der Waals surface area contributed by atoms with Gasteiger partial charge < -0.3 is 5.32 Å². The first kappa shape index (κ1) is 12.0. The predicted octanol–water partition coefficient (Wildman–Crippen LogP) is 3.59. The second-order valence-electron chi connectivity index (χ2n) is 5.63. The first-order valence-corrected chi connectivity index (χ1v) is 6.33. The van der Waals surface area contributed by atoms with E-state index in [4.69, 9.17) is 0 Å². The molecule has 0 bridgehead atoms. The standard InChI is InChI=1S/C13H27N/c1-5-12(4)10-13(9-11(2)3)7-6-8-14-13/h11-12,14H,5-10H2,1-4H3. The van der Waals surface area contributed by atoms with Gasteiger partial charge in [0, 0.05) is 5.54 Å². The van der Waals surface area contributed by atoms with Gasteiger partial charge in [-0.3, -0.25) is 0 Å². The Morgan fingerprint density at radius 3 is 2.36 bits per heavy atom. The van der Waals surface area contributed by atoms with Crippen molar-refractivity contribution in [1.29, 1.82) is 0 Å². The van der Waals surface area contributed by atoms with Crippen molar-refractivity contribution in [3.63, 3.8) is 0 Å². The minimum atomic E-state index is 0.490. The fourth-order valence-electron chi connectivity index (χ4n) is 2.89. The molecular weight excluding hydrogens is 170 g/mol. The van der Waals surface area contributed by atoms with Crippen molar-refractivity contribution in [2.75, 3.05) is 6.54 Å². The summed E-state index contributed by atoms with van der Waals surface area (Å²) in [5.41, 5.74) is 0.490. The maximum atomic E-state index is 3.77. The van der Waals surface area contributed by atoms with Crippen molar-refractivity contribution in [1.82, 2.24) is 5.32 Å². The van der Waals surface area contributed by atoms with E-state index >= 15 is 0 Å². The molecule has 14 heavy (non-hydrogen) atoms. The van der Waals surface area contributed by atoms with Gasteiger partial charge in [-0.1, -0.05) is 34.1 Å². The van der Waals surface area contributed by atoms with E-state index in [9.17, 15) is 0 Å². The molecule has 1 nitrogen and oxygen atoms in total. The fraction of sp³-hybridized carbons (Fsp3) is 1.00. The molecule has 1 heterocycles. The zero-order chi connectivity index (χ0) is 10.6. The van der Waals surface area contributed by atoms with Crippen molar-refractivity contribution in [2.45, 2.75) is 65.3 Å². The lowest BCUT2D eigenvalue weighted by atomic mass is 9.80. The van der Waals surface area contributed by atoms with E-state index in [1.165, 1.54) is 38.6 Å². The quantitative estimate of drug-likeness (QED) is 0.710. The predicted molar refractivity (Wildman–Crippen MR) is 63.5 cm³/mol. The van der Waals surface area contributed by atoms with Crippen LogP contribution in [0, 0.1) is 11.8 Å². The highest BCUT2D eigenvalue weighted by Crippen LogP contribution is 2.33. The lowest BCUT2D eigenvalue weighted by molar-refractivity contribution is 0.243. The second-order valence-corrected chi connectivity index (χ2v) is 5.63. The molecule has 84 valence electrons. The molecule has 0 aliphatic carbocycles. The Hall–Kier alpha value is -0.0400. The summed E-state index contributed by atoms with van der Waals surface area (Å²) in [7, 11) is 0. The first-order valence-electron chi connectivity index (χ1n) is 6.33. The minimum Gasteiger partial charge on any atom is -0.311 e. The van der Waals surface area contributed by atoms with Crippen LogP contribution in [0.4, 0.5) is 0 Å². The van der Waals surface area contributed by atoms with E-state index in [1.54, 1.807) is 0 Å². The Morgan fingerprint density at radius 2 is 1.93 bits per heavy atom. The minimum absolute atomic E-state index is 0.490. The molecule has 1 heteroatoms. The van der Waals surface area contributed by atoms with Crippen LogP contribution in [0.3, 0.4) is 0 Å². The Labute approximate surface area is 89.7 Å². The largest absolute Gasteiger partial charge is 0.311 e. The highest BCUT2D eigenvalue weighted by atomic mass is 15.0. The molecule has 0 aromatic rings. The number of rotatable bonds is 5.